The Bertz CT molecular complexity index is 1420. The maximum absolute atomic E-state index is 13.3. The molecule has 10 nitrogen and oxygen atoms in total. The van der Waals surface area contributed by atoms with Crippen LogP contribution in [0, 0.1) is 12.8 Å². The van der Waals surface area contributed by atoms with E-state index < -0.39 is 17.2 Å². The molecule has 1 saturated carbocycles. The lowest BCUT2D eigenvalue weighted by Crippen LogP contribution is -2.44. The van der Waals surface area contributed by atoms with Crippen LogP contribution >= 0.6 is 0 Å². The zero-order valence-electron chi connectivity index (χ0n) is 20.6. The van der Waals surface area contributed by atoms with Crippen molar-refractivity contribution in [1.82, 2.24) is 14.5 Å². The molecule has 10 heteroatoms. The highest BCUT2D eigenvalue weighted by atomic mass is 16.5. The second-order valence-electron chi connectivity index (χ2n) is 8.83. The SMILES string of the molecule is COc1cc(OC)c(NC(=O)Cn2c(=O)n(CCNC(=O)C3CCC3)c(=O)c3ccccc32)cc1C. The van der Waals surface area contributed by atoms with Crippen LogP contribution in [0.1, 0.15) is 24.8 Å². The van der Waals surface area contributed by atoms with Crippen LogP contribution in [-0.4, -0.2) is 41.7 Å². The average Bonchev–Trinajstić information content (AvgIpc) is 2.83. The topological polar surface area (TPSA) is 121 Å². The van der Waals surface area contributed by atoms with Gasteiger partial charge in [0.2, 0.25) is 11.8 Å². The van der Waals surface area contributed by atoms with Crippen molar-refractivity contribution in [2.24, 2.45) is 5.92 Å². The molecule has 3 aromatic rings. The number of anilines is 1. The first-order valence-electron chi connectivity index (χ1n) is 11.9. The van der Waals surface area contributed by atoms with E-state index in [0.717, 1.165) is 29.4 Å². The minimum atomic E-state index is -0.621. The molecule has 1 fully saturated rings. The van der Waals surface area contributed by atoms with Gasteiger partial charge in [0.1, 0.15) is 18.0 Å². The Morgan fingerprint density at radius 3 is 2.42 bits per heavy atom. The number of aryl methyl sites for hydroxylation is 1. The second-order valence-corrected chi connectivity index (χ2v) is 8.83. The fraction of sp³-hybridized carbons (Fsp3) is 0.385. The van der Waals surface area contributed by atoms with Crippen LogP contribution in [0.5, 0.6) is 11.5 Å². The van der Waals surface area contributed by atoms with Crippen molar-refractivity contribution in [2.75, 3.05) is 26.1 Å². The minimum absolute atomic E-state index is 0.00801. The molecule has 1 aromatic heterocycles. The Morgan fingerprint density at radius 2 is 1.75 bits per heavy atom. The highest BCUT2D eigenvalue weighted by molar-refractivity contribution is 5.93. The number of nitrogens with zero attached hydrogens (tertiary/aromatic N) is 2. The van der Waals surface area contributed by atoms with Crippen molar-refractivity contribution in [2.45, 2.75) is 39.3 Å². The van der Waals surface area contributed by atoms with Gasteiger partial charge in [-0.3, -0.25) is 23.5 Å². The Hall–Kier alpha value is -4.08. The van der Waals surface area contributed by atoms with Gasteiger partial charge in [-0.1, -0.05) is 18.6 Å². The van der Waals surface area contributed by atoms with Crippen molar-refractivity contribution < 1.29 is 19.1 Å². The van der Waals surface area contributed by atoms with E-state index in [1.807, 2.05) is 6.92 Å². The summed E-state index contributed by atoms with van der Waals surface area (Å²) in [7, 11) is 3.03. The van der Waals surface area contributed by atoms with E-state index in [-0.39, 0.29) is 31.5 Å². The smallest absolute Gasteiger partial charge is 0.332 e. The van der Waals surface area contributed by atoms with Gasteiger partial charge < -0.3 is 20.1 Å². The van der Waals surface area contributed by atoms with E-state index in [4.69, 9.17) is 9.47 Å². The average molecular weight is 495 g/mol. The first kappa shape index (κ1) is 25.0. The largest absolute Gasteiger partial charge is 0.496 e. The maximum Gasteiger partial charge on any atom is 0.332 e. The van der Waals surface area contributed by atoms with E-state index >= 15 is 0 Å². The highest BCUT2D eigenvalue weighted by Gasteiger charge is 2.25. The summed E-state index contributed by atoms with van der Waals surface area (Å²) in [4.78, 5) is 51.5. The Labute approximate surface area is 207 Å². The third-order valence-electron chi connectivity index (χ3n) is 6.54. The van der Waals surface area contributed by atoms with E-state index in [2.05, 4.69) is 10.6 Å². The predicted molar refractivity (Wildman–Crippen MR) is 136 cm³/mol. The minimum Gasteiger partial charge on any atom is -0.496 e. The summed E-state index contributed by atoms with van der Waals surface area (Å²) in [5.41, 5.74) is 0.511. The van der Waals surface area contributed by atoms with Gasteiger partial charge in [-0.25, -0.2) is 4.79 Å². The number of carbonyl (C=O) groups is 2. The van der Waals surface area contributed by atoms with E-state index in [9.17, 15) is 19.2 Å². The van der Waals surface area contributed by atoms with Gasteiger partial charge in [0, 0.05) is 25.1 Å². The first-order valence-corrected chi connectivity index (χ1v) is 11.9. The molecule has 190 valence electrons. The number of benzene rings is 2. The molecule has 4 rings (SSSR count). The highest BCUT2D eigenvalue weighted by Crippen LogP contribution is 2.32. The van der Waals surface area contributed by atoms with Gasteiger partial charge in [0.15, 0.2) is 0 Å². The first-order chi connectivity index (χ1) is 17.3. The number of ether oxygens (including phenoxy) is 2. The van der Waals surface area contributed by atoms with Gasteiger partial charge in [-0.15, -0.1) is 0 Å². The van der Waals surface area contributed by atoms with Crippen molar-refractivity contribution in [3.05, 3.63) is 62.8 Å². The molecule has 0 bridgehead atoms. The number of methoxy groups -OCH3 is 2. The normalized spacial score (nSPS) is 13.2. The number of aromatic nitrogens is 2. The van der Waals surface area contributed by atoms with Gasteiger partial charge >= 0.3 is 5.69 Å². The second kappa shape index (κ2) is 10.7. The Kier molecular flexibility index (Phi) is 7.42. The van der Waals surface area contributed by atoms with E-state index in [1.54, 1.807) is 43.5 Å². The standard InChI is InChI=1S/C26H30N4O6/c1-16-13-19(22(36-3)14-21(16)35-2)28-23(31)15-30-20-10-5-4-9-18(20)25(33)29(26(30)34)12-11-27-24(32)17-7-6-8-17/h4-5,9-10,13-14,17H,6-8,11-12,15H2,1-3H3,(H,27,32)(H,28,31). The molecule has 36 heavy (non-hydrogen) atoms. The van der Waals surface area contributed by atoms with Gasteiger partial charge in [0.05, 0.1) is 30.8 Å². The van der Waals surface area contributed by atoms with Crippen LogP contribution in [0.25, 0.3) is 10.9 Å². The summed E-state index contributed by atoms with van der Waals surface area (Å²) < 4.78 is 13.0. The Balaban J connectivity index is 1.60. The molecule has 1 aliphatic rings. The summed E-state index contributed by atoms with van der Waals surface area (Å²) in [6, 6.07) is 10.0. The number of rotatable bonds is 9. The number of para-hydroxylation sites is 1. The molecule has 2 amide bonds. The Morgan fingerprint density at radius 1 is 1.03 bits per heavy atom. The molecule has 1 heterocycles. The third kappa shape index (κ3) is 4.98. The van der Waals surface area contributed by atoms with Gasteiger partial charge in [-0.05, 0) is 43.5 Å². The number of carbonyl (C=O) groups excluding carboxylic acids is 2. The molecule has 0 spiro atoms. The molecule has 2 N–H and O–H groups in total. The van der Waals surface area contributed by atoms with Crippen LogP contribution in [0.2, 0.25) is 0 Å². The molecule has 0 unspecified atom stereocenters. The molecule has 0 radical (unpaired) electrons. The zero-order valence-corrected chi connectivity index (χ0v) is 20.6. The predicted octanol–water partition coefficient (Wildman–Crippen LogP) is 2.04. The molecule has 0 aliphatic heterocycles. The van der Waals surface area contributed by atoms with Crippen molar-refractivity contribution in [3.8, 4) is 11.5 Å². The summed E-state index contributed by atoms with van der Waals surface area (Å²) in [6.07, 6.45) is 2.77. The van der Waals surface area contributed by atoms with Crippen molar-refractivity contribution in [3.63, 3.8) is 0 Å². The molecule has 2 aromatic carbocycles. The van der Waals surface area contributed by atoms with Crippen LogP contribution in [0.3, 0.4) is 0 Å². The number of nitrogens with one attached hydrogen (secondary N) is 2. The molecule has 0 atom stereocenters. The third-order valence-corrected chi connectivity index (χ3v) is 6.54. The lowest BCUT2D eigenvalue weighted by atomic mass is 9.85. The zero-order chi connectivity index (χ0) is 25.8. The monoisotopic (exact) mass is 494 g/mol. The summed E-state index contributed by atoms with van der Waals surface area (Å²) in [5, 5.41) is 5.91. The lowest BCUT2D eigenvalue weighted by Gasteiger charge is -2.24. The summed E-state index contributed by atoms with van der Waals surface area (Å²) in [6.45, 7) is 1.68. The van der Waals surface area contributed by atoms with Gasteiger partial charge in [-0.2, -0.15) is 0 Å². The van der Waals surface area contributed by atoms with Gasteiger partial charge in [0.25, 0.3) is 5.56 Å². The van der Waals surface area contributed by atoms with E-state index in [0.29, 0.717) is 28.1 Å². The van der Waals surface area contributed by atoms with Crippen LogP contribution < -0.4 is 31.4 Å². The summed E-state index contributed by atoms with van der Waals surface area (Å²) >= 11 is 0. The quantitative estimate of drug-likeness (QED) is 0.470. The molecular formula is C26H30N4O6. The molecule has 0 saturated heterocycles. The maximum atomic E-state index is 13.3. The number of hydrogen-bond acceptors (Lipinski definition) is 6. The lowest BCUT2D eigenvalue weighted by molar-refractivity contribution is -0.127. The van der Waals surface area contributed by atoms with Crippen molar-refractivity contribution in [1.29, 1.82) is 0 Å². The van der Waals surface area contributed by atoms with Crippen LogP contribution in [-0.2, 0) is 22.7 Å². The molecule has 1 aliphatic carbocycles. The number of fused-ring (bicyclic) bond motifs is 1. The van der Waals surface area contributed by atoms with E-state index in [1.165, 1.54) is 11.7 Å². The summed E-state index contributed by atoms with van der Waals surface area (Å²) in [5.74, 6) is 0.517. The fourth-order valence-corrected chi connectivity index (χ4v) is 4.32. The number of hydrogen-bond donors (Lipinski definition) is 2. The van der Waals surface area contributed by atoms with Crippen LogP contribution in [0.15, 0.2) is 46.0 Å². The molecular weight excluding hydrogens is 464 g/mol. The van der Waals surface area contributed by atoms with Crippen LogP contribution in [0.4, 0.5) is 5.69 Å². The fourth-order valence-electron chi connectivity index (χ4n) is 4.32. The van der Waals surface area contributed by atoms with Crippen molar-refractivity contribution >= 4 is 28.4 Å². The number of amides is 2.